The van der Waals surface area contributed by atoms with Crippen LogP contribution in [0, 0.1) is 17.5 Å². The minimum atomic E-state index is -0.988. The van der Waals surface area contributed by atoms with Crippen LogP contribution in [0.25, 0.3) is 33.8 Å². The predicted octanol–water partition coefficient (Wildman–Crippen LogP) is 4.82. The summed E-state index contributed by atoms with van der Waals surface area (Å²) in [5.41, 5.74) is 1.41. The van der Waals surface area contributed by atoms with E-state index in [1.165, 1.54) is 36.7 Å². The molecule has 0 unspecified atom stereocenters. The van der Waals surface area contributed by atoms with E-state index in [1.807, 2.05) is 0 Å². The van der Waals surface area contributed by atoms with Crippen LogP contribution in [0.15, 0.2) is 59.5 Å². The second-order valence-corrected chi connectivity index (χ2v) is 5.31. The number of pyridine rings is 1. The van der Waals surface area contributed by atoms with Gasteiger partial charge in [-0.15, -0.1) is 0 Å². The van der Waals surface area contributed by atoms with Crippen LogP contribution in [0.4, 0.5) is 13.2 Å². The zero-order chi connectivity index (χ0) is 17.4. The summed E-state index contributed by atoms with van der Waals surface area (Å²) in [6, 6.07) is 8.25. The summed E-state index contributed by atoms with van der Waals surface area (Å²) in [5, 5.41) is 3.68. The number of halogens is 3. The van der Waals surface area contributed by atoms with Crippen molar-refractivity contribution in [3.05, 3.63) is 72.4 Å². The summed E-state index contributed by atoms with van der Waals surface area (Å²) in [6.45, 7) is 0. The van der Waals surface area contributed by atoms with E-state index in [2.05, 4.69) is 15.1 Å². The quantitative estimate of drug-likeness (QED) is 0.581. The Balaban J connectivity index is 1.80. The van der Waals surface area contributed by atoms with Crippen LogP contribution in [-0.4, -0.2) is 15.1 Å². The van der Waals surface area contributed by atoms with Crippen LogP contribution in [-0.2, 0) is 0 Å². The van der Waals surface area contributed by atoms with Gasteiger partial charge in [0.15, 0.2) is 23.2 Å². The highest BCUT2D eigenvalue weighted by molar-refractivity contribution is 5.80. The van der Waals surface area contributed by atoms with Gasteiger partial charge in [-0.25, -0.2) is 13.2 Å². The Labute approximate surface area is 139 Å². The average molecular weight is 341 g/mol. The minimum absolute atomic E-state index is 0.0306. The van der Waals surface area contributed by atoms with Gasteiger partial charge in [0.1, 0.15) is 5.69 Å². The third-order valence-electron chi connectivity index (χ3n) is 3.77. The molecule has 0 fully saturated rings. The lowest BCUT2D eigenvalue weighted by atomic mass is 10.0. The predicted molar refractivity (Wildman–Crippen MR) is 84.8 cm³/mol. The summed E-state index contributed by atoms with van der Waals surface area (Å²) >= 11 is 0. The van der Waals surface area contributed by atoms with E-state index in [4.69, 9.17) is 4.52 Å². The van der Waals surface area contributed by atoms with Gasteiger partial charge in [-0.05, 0) is 24.3 Å². The molecular formula is C18H10F3N3O. The second kappa shape index (κ2) is 5.94. The van der Waals surface area contributed by atoms with Gasteiger partial charge in [0.05, 0.1) is 17.5 Å². The number of aromatic amines is 1. The molecule has 0 amide bonds. The van der Waals surface area contributed by atoms with Crippen molar-refractivity contribution in [1.82, 2.24) is 15.1 Å². The first-order valence-corrected chi connectivity index (χ1v) is 7.34. The topological polar surface area (TPSA) is 54.7 Å². The van der Waals surface area contributed by atoms with Crippen molar-refractivity contribution in [3.63, 3.8) is 0 Å². The number of nitrogens with one attached hydrogen (secondary N) is 1. The molecule has 0 atom stereocenters. The molecule has 0 saturated carbocycles. The number of hydrogen-bond donors (Lipinski definition) is 1. The molecule has 0 spiro atoms. The van der Waals surface area contributed by atoms with Gasteiger partial charge < -0.3 is 9.51 Å². The Bertz CT molecular complexity index is 1060. The van der Waals surface area contributed by atoms with Crippen molar-refractivity contribution >= 4 is 0 Å². The van der Waals surface area contributed by atoms with Crippen molar-refractivity contribution in [2.45, 2.75) is 0 Å². The molecule has 3 heterocycles. The maximum Gasteiger partial charge on any atom is 0.176 e. The van der Waals surface area contributed by atoms with E-state index in [0.717, 1.165) is 6.07 Å². The van der Waals surface area contributed by atoms with Gasteiger partial charge in [0.2, 0.25) is 0 Å². The normalized spacial score (nSPS) is 11.0. The Morgan fingerprint density at radius 3 is 2.64 bits per heavy atom. The molecule has 7 heteroatoms. The number of benzene rings is 1. The van der Waals surface area contributed by atoms with E-state index in [1.54, 1.807) is 12.3 Å². The van der Waals surface area contributed by atoms with Crippen LogP contribution in [0.2, 0.25) is 0 Å². The zero-order valence-corrected chi connectivity index (χ0v) is 12.6. The first kappa shape index (κ1) is 15.2. The number of rotatable bonds is 3. The second-order valence-electron chi connectivity index (χ2n) is 5.31. The third-order valence-corrected chi connectivity index (χ3v) is 3.77. The Hall–Kier alpha value is -3.35. The fraction of sp³-hybridized carbons (Fsp3) is 0. The lowest BCUT2D eigenvalue weighted by molar-refractivity contribution is 0.432. The van der Waals surface area contributed by atoms with E-state index in [9.17, 15) is 13.2 Å². The fourth-order valence-corrected chi connectivity index (χ4v) is 2.60. The van der Waals surface area contributed by atoms with E-state index in [0.29, 0.717) is 16.8 Å². The molecule has 0 bridgehead atoms. The highest BCUT2D eigenvalue weighted by Crippen LogP contribution is 2.35. The fourth-order valence-electron chi connectivity index (χ4n) is 2.60. The number of nitrogens with zero attached hydrogens (tertiary/aromatic N) is 2. The smallest absolute Gasteiger partial charge is 0.176 e. The molecule has 0 radical (unpaired) electrons. The molecule has 0 saturated heterocycles. The lowest BCUT2D eigenvalue weighted by Crippen LogP contribution is -1.89. The number of aromatic nitrogens is 3. The van der Waals surface area contributed by atoms with Crippen molar-refractivity contribution in [2.75, 3.05) is 0 Å². The molecule has 4 rings (SSSR count). The van der Waals surface area contributed by atoms with Crippen molar-refractivity contribution in [2.24, 2.45) is 0 Å². The van der Waals surface area contributed by atoms with Crippen LogP contribution in [0.1, 0.15) is 0 Å². The van der Waals surface area contributed by atoms with E-state index >= 15 is 0 Å². The maximum absolute atomic E-state index is 14.1. The maximum atomic E-state index is 14.1. The third kappa shape index (κ3) is 2.59. The summed E-state index contributed by atoms with van der Waals surface area (Å²) in [6.07, 6.45) is 4.34. The first-order chi connectivity index (χ1) is 12.1. The molecule has 4 aromatic rings. The van der Waals surface area contributed by atoms with Gasteiger partial charge in [0.25, 0.3) is 0 Å². The molecule has 1 aromatic carbocycles. The Morgan fingerprint density at radius 2 is 1.80 bits per heavy atom. The SMILES string of the molecule is Fc1cccnc1-c1cc(-c2oncc2-c2cccc(F)c2F)c[nH]1. The van der Waals surface area contributed by atoms with Crippen molar-refractivity contribution in [1.29, 1.82) is 0 Å². The monoisotopic (exact) mass is 341 g/mol. The Kier molecular flexibility index (Phi) is 3.61. The molecule has 1 N–H and O–H groups in total. The molecule has 3 aromatic heterocycles. The molecular weight excluding hydrogens is 331 g/mol. The van der Waals surface area contributed by atoms with E-state index < -0.39 is 17.5 Å². The zero-order valence-electron chi connectivity index (χ0n) is 12.6. The molecule has 0 aliphatic carbocycles. The molecule has 0 aliphatic rings. The van der Waals surface area contributed by atoms with Gasteiger partial charge >= 0.3 is 0 Å². The largest absolute Gasteiger partial charge is 0.359 e. The van der Waals surface area contributed by atoms with Gasteiger partial charge in [-0.2, -0.15) is 0 Å². The van der Waals surface area contributed by atoms with Gasteiger partial charge in [-0.3, -0.25) is 4.98 Å². The minimum Gasteiger partial charge on any atom is -0.359 e. The molecule has 25 heavy (non-hydrogen) atoms. The summed E-state index contributed by atoms with van der Waals surface area (Å²) in [5.74, 6) is -2.19. The Morgan fingerprint density at radius 1 is 0.960 bits per heavy atom. The lowest BCUT2D eigenvalue weighted by Gasteiger charge is -2.02. The van der Waals surface area contributed by atoms with E-state index in [-0.39, 0.29) is 17.0 Å². The van der Waals surface area contributed by atoms with Crippen molar-refractivity contribution < 1.29 is 17.7 Å². The van der Waals surface area contributed by atoms with Crippen LogP contribution in [0.3, 0.4) is 0 Å². The summed E-state index contributed by atoms with van der Waals surface area (Å²) in [7, 11) is 0. The van der Waals surface area contributed by atoms with Crippen molar-refractivity contribution in [3.8, 4) is 33.8 Å². The highest BCUT2D eigenvalue weighted by atomic mass is 19.2. The first-order valence-electron chi connectivity index (χ1n) is 7.34. The molecule has 124 valence electrons. The summed E-state index contributed by atoms with van der Waals surface area (Å²) < 4.78 is 46.6. The van der Waals surface area contributed by atoms with Crippen LogP contribution >= 0.6 is 0 Å². The van der Waals surface area contributed by atoms with Crippen LogP contribution in [0.5, 0.6) is 0 Å². The standard InChI is InChI=1S/C18H10F3N3O/c19-13-4-1-3-11(16(13)21)12-9-24-25-18(12)10-7-15(23-8-10)17-14(20)5-2-6-22-17/h1-9,23H. The number of hydrogen-bond acceptors (Lipinski definition) is 3. The molecule has 4 nitrogen and oxygen atoms in total. The average Bonchev–Trinajstić information content (AvgIpc) is 3.26. The summed E-state index contributed by atoms with van der Waals surface area (Å²) in [4.78, 5) is 6.89. The van der Waals surface area contributed by atoms with Crippen LogP contribution < -0.4 is 0 Å². The molecule has 0 aliphatic heterocycles. The highest BCUT2D eigenvalue weighted by Gasteiger charge is 2.19. The van der Waals surface area contributed by atoms with Gasteiger partial charge in [-0.1, -0.05) is 17.3 Å². The number of H-pyrrole nitrogens is 1. The van der Waals surface area contributed by atoms with Gasteiger partial charge in [0, 0.05) is 23.5 Å².